The average molecular weight is 532 g/mol. The topological polar surface area (TPSA) is 83.5 Å². The van der Waals surface area contributed by atoms with Crippen molar-refractivity contribution < 1.29 is 0 Å². The zero-order valence-corrected chi connectivity index (χ0v) is 21.4. The summed E-state index contributed by atoms with van der Waals surface area (Å²) < 4.78 is 1.02. The van der Waals surface area contributed by atoms with Crippen LogP contribution in [0.5, 0.6) is 0 Å². The van der Waals surface area contributed by atoms with Crippen molar-refractivity contribution in [3.05, 3.63) is 58.8 Å². The molecular weight excluding hydrogens is 502 g/mol. The van der Waals surface area contributed by atoms with Gasteiger partial charge in [0.2, 0.25) is 0 Å². The maximum absolute atomic E-state index is 5.15. The number of aromatic nitrogens is 6. The highest BCUT2D eigenvalue weighted by Gasteiger charge is 2.35. The lowest BCUT2D eigenvalue weighted by Gasteiger charge is -2.43. The minimum Gasteiger partial charge on any atom is -0.356 e. The molecule has 2 aromatic carbocycles. The quantitative estimate of drug-likeness (QED) is 0.307. The summed E-state index contributed by atoms with van der Waals surface area (Å²) in [4.78, 5) is 12.5. The Hall–Kier alpha value is -2.87. The second kappa shape index (κ2) is 10.0. The minimum absolute atomic E-state index is 0.720. The largest absolute Gasteiger partial charge is 0.356 e. The van der Waals surface area contributed by atoms with Gasteiger partial charge in [0.05, 0.1) is 5.52 Å². The molecule has 2 bridgehead atoms. The molecule has 2 aromatic heterocycles. The number of aromatic amines is 1. The van der Waals surface area contributed by atoms with Gasteiger partial charge in [-0.15, -0.1) is 10.2 Å². The van der Waals surface area contributed by atoms with E-state index in [1.54, 1.807) is 0 Å². The molecule has 4 aromatic rings. The number of tetrazole rings is 1. The van der Waals surface area contributed by atoms with E-state index in [4.69, 9.17) is 9.97 Å². The zero-order chi connectivity index (χ0) is 23.6. The first kappa shape index (κ1) is 22.6. The summed E-state index contributed by atoms with van der Waals surface area (Å²) >= 11 is 3.60. The SMILES string of the molecule is Brc1cccc(-c2nc(N(CCc3nn[nH]n3)CCC3CC4CCC3CC4)c3ccccc3n2)c1. The smallest absolute Gasteiger partial charge is 0.176 e. The summed E-state index contributed by atoms with van der Waals surface area (Å²) in [5.74, 6) is 5.15. The minimum atomic E-state index is 0.720. The molecule has 0 radical (unpaired) electrons. The highest BCUT2D eigenvalue weighted by Crippen LogP contribution is 2.46. The van der Waals surface area contributed by atoms with Crippen molar-refractivity contribution in [1.29, 1.82) is 0 Å². The molecule has 7 rings (SSSR count). The Kier molecular flexibility index (Phi) is 6.46. The third-order valence-electron chi connectivity index (χ3n) is 7.92. The lowest BCUT2D eigenvalue weighted by molar-refractivity contribution is 0.0942. The van der Waals surface area contributed by atoms with Crippen molar-refractivity contribution in [3.63, 3.8) is 0 Å². The predicted octanol–water partition coefficient (Wildman–Crippen LogP) is 5.84. The van der Waals surface area contributed by atoms with E-state index < -0.39 is 0 Å². The number of anilines is 1. The summed E-state index contributed by atoms with van der Waals surface area (Å²) in [6.07, 6.45) is 9.04. The van der Waals surface area contributed by atoms with Crippen LogP contribution in [0.15, 0.2) is 53.0 Å². The second-order valence-corrected chi connectivity index (χ2v) is 10.9. The number of hydrogen-bond donors (Lipinski definition) is 1. The molecular formula is C27H30BrN7. The molecule has 1 unspecified atom stereocenters. The number of para-hydroxylation sites is 1. The van der Waals surface area contributed by atoms with Crippen molar-refractivity contribution in [1.82, 2.24) is 30.6 Å². The lowest BCUT2D eigenvalue weighted by atomic mass is 9.64. The van der Waals surface area contributed by atoms with Crippen molar-refractivity contribution >= 4 is 32.7 Å². The molecule has 180 valence electrons. The summed E-state index contributed by atoms with van der Waals surface area (Å²) in [6, 6.07) is 16.6. The molecule has 1 atom stereocenters. The van der Waals surface area contributed by atoms with Gasteiger partial charge in [-0.25, -0.2) is 9.97 Å². The molecule has 3 aliphatic carbocycles. The van der Waals surface area contributed by atoms with Crippen LogP contribution in [0, 0.1) is 17.8 Å². The van der Waals surface area contributed by atoms with E-state index in [0.29, 0.717) is 0 Å². The molecule has 0 aliphatic heterocycles. The fourth-order valence-electron chi connectivity index (χ4n) is 6.10. The second-order valence-electron chi connectivity index (χ2n) is 10.0. The van der Waals surface area contributed by atoms with Crippen LogP contribution in [0.1, 0.15) is 44.3 Å². The number of H-pyrrole nitrogens is 1. The number of halogens is 1. The number of benzene rings is 2. The fraction of sp³-hybridized carbons (Fsp3) is 0.444. The monoisotopic (exact) mass is 531 g/mol. The van der Waals surface area contributed by atoms with Crippen LogP contribution in [-0.2, 0) is 6.42 Å². The number of nitrogens with one attached hydrogen (secondary N) is 1. The lowest BCUT2D eigenvalue weighted by Crippen LogP contribution is -2.35. The predicted molar refractivity (Wildman–Crippen MR) is 141 cm³/mol. The molecule has 3 saturated carbocycles. The molecule has 3 fully saturated rings. The van der Waals surface area contributed by atoms with E-state index in [2.05, 4.69) is 71.8 Å². The molecule has 3 aliphatic rings. The van der Waals surface area contributed by atoms with E-state index in [1.807, 2.05) is 18.2 Å². The van der Waals surface area contributed by atoms with Gasteiger partial charge in [0.25, 0.3) is 0 Å². The van der Waals surface area contributed by atoms with E-state index >= 15 is 0 Å². The summed E-state index contributed by atoms with van der Waals surface area (Å²) in [7, 11) is 0. The molecule has 8 heteroatoms. The van der Waals surface area contributed by atoms with Gasteiger partial charge in [-0.2, -0.15) is 5.21 Å². The van der Waals surface area contributed by atoms with Crippen LogP contribution in [0.3, 0.4) is 0 Å². The molecule has 7 nitrogen and oxygen atoms in total. The standard InChI is InChI=1S/C27H30BrN7/c28-22-5-3-4-21(17-22)26-29-24-7-2-1-6-23(24)27(30-26)35(15-13-25-31-33-34-32-25)14-12-20-16-18-8-10-19(20)11-9-18/h1-7,17-20H,8-16H2,(H,31,32,33,34). The fourth-order valence-corrected chi connectivity index (χ4v) is 6.49. The molecule has 1 N–H and O–H groups in total. The van der Waals surface area contributed by atoms with Crippen LogP contribution in [-0.4, -0.2) is 43.7 Å². The Morgan fingerprint density at radius 2 is 1.86 bits per heavy atom. The van der Waals surface area contributed by atoms with Crippen LogP contribution in [0.2, 0.25) is 0 Å². The number of rotatable bonds is 8. The summed E-state index contributed by atoms with van der Waals surface area (Å²) in [5, 5.41) is 15.8. The van der Waals surface area contributed by atoms with E-state index in [9.17, 15) is 0 Å². The normalized spacial score (nSPS) is 21.5. The van der Waals surface area contributed by atoms with Gasteiger partial charge < -0.3 is 4.90 Å². The number of nitrogens with zero attached hydrogens (tertiary/aromatic N) is 6. The van der Waals surface area contributed by atoms with Gasteiger partial charge in [-0.3, -0.25) is 0 Å². The van der Waals surface area contributed by atoms with Crippen LogP contribution in [0.25, 0.3) is 22.3 Å². The molecule has 35 heavy (non-hydrogen) atoms. The Balaban J connectivity index is 1.35. The number of fused-ring (bicyclic) bond motifs is 4. The third kappa shape index (κ3) is 4.94. The first-order valence-corrected chi connectivity index (χ1v) is 13.5. The molecule has 0 saturated heterocycles. The van der Waals surface area contributed by atoms with Gasteiger partial charge in [-0.1, -0.05) is 58.3 Å². The van der Waals surface area contributed by atoms with Gasteiger partial charge in [0.15, 0.2) is 11.6 Å². The van der Waals surface area contributed by atoms with Crippen LogP contribution in [0.4, 0.5) is 5.82 Å². The Morgan fingerprint density at radius 1 is 0.971 bits per heavy atom. The van der Waals surface area contributed by atoms with Gasteiger partial charge in [0.1, 0.15) is 5.82 Å². The van der Waals surface area contributed by atoms with E-state index in [1.165, 1.54) is 38.5 Å². The summed E-state index contributed by atoms with van der Waals surface area (Å²) in [5.41, 5.74) is 1.97. The maximum atomic E-state index is 5.15. The Bertz CT molecular complexity index is 1280. The van der Waals surface area contributed by atoms with Gasteiger partial charge in [0, 0.05) is 34.9 Å². The third-order valence-corrected chi connectivity index (χ3v) is 8.42. The van der Waals surface area contributed by atoms with Crippen molar-refractivity contribution in [2.45, 2.75) is 44.9 Å². The average Bonchev–Trinajstić information content (AvgIpc) is 3.43. The summed E-state index contributed by atoms with van der Waals surface area (Å²) in [6.45, 7) is 1.77. The highest BCUT2D eigenvalue weighted by atomic mass is 79.9. The van der Waals surface area contributed by atoms with E-state index in [0.717, 1.165) is 75.7 Å². The van der Waals surface area contributed by atoms with Crippen LogP contribution >= 0.6 is 15.9 Å². The number of hydrogen-bond acceptors (Lipinski definition) is 6. The van der Waals surface area contributed by atoms with Gasteiger partial charge >= 0.3 is 0 Å². The first-order valence-electron chi connectivity index (χ1n) is 12.7. The van der Waals surface area contributed by atoms with Crippen LogP contribution < -0.4 is 4.90 Å². The maximum Gasteiger partial charge on any atom is 0.176 e. The highest BCUT2D eigenvalue weighted by molar-refractivity contribution is 9.10. The van der Waals surface area contributed by atoms with Gasteiger partial charge in [-0.05, 0) is 67.7 Å². The first-order chi connectivity index (χ1) is 17.2. The van der Waals surface area contributed by atoms with E-state index in [-0.39, 0.29) is 0 Å². The zero-order valence-electron chi connectivity index (χ0n) is 19.8. The molecule has 0 spiro atoms. The van der Waals surface area contributed by atoms with Crippen molar-refractivity contribution in [2.24, 2.45) is 17.8 Å². The Morgan fingerprint density at radius 3 is 2.63 bits per heavy atom. The Labute approximate surface area is 213 Å². The molecule has 2 heterocycles. The van der Waals surface area contributed by atoms with Crippen molar-refractivity contribution in [3.8, 4) is 11.4 Å². The molecule has 0 amide bonds. The van der Waals surface area contributed by atoms with Crippen molar-refractivity contribution in [2.75, 3.05) is 18.0 Å².